The zero-order chi connectivity index (χ0) is 13.1. The number of likely N-dealkylation sites (tertiary alicyclic amines) is 1. The molecule has 18 heavy (non-hydrogen) atoms. The van der Waals surface area contributed by atoms with Gasteiger partial charge in [-0.15, -0.1) is 0 Å². The average Bonchev–Trinajstić information content (AvgIpc) is 2.34. The molecule has 1 heterocycles. The minimum absolute atomic E-state index is 0.185. The second kappa shape index (κ2) is 5.46. The number of nitrogens with zero attached hydrogens (tertiary/aromatic N) is 2. The van der Waals surface area contributed by atoms with E-state index in [0.29, 0.717) is 12.1 Å². The number of rotatable bonds is 3. The van der Waals surface area contributed by atoms with Crippen LogP contribution < -0.4 is 0 Å². The van der Waals surface area contributed by atoms with Crippen molar-refractivity contribution in [1.29, 1.82) is 0 Å². The molecular weight excluding hydrogens is 232 g/mol. The van der Waals surface area contributed by atoms with E-state index in [9.17, 15) is 15.2 Å². The van der Waals surface area contributed by atoms with Crippen LogP contribution in [0.25, 0.3) is 0 Å². The molecule has 0 amide bonds. The van der Waals surface area contributed by atoms with Gasteiger partial charge in [-0.1, -0.05) is 12.1 Å². The van der Waals surface area contributed by atoms with Crippen LogP contribution in [0.15, 0.2) is 18.2 Å². The first-order valence-electron chi connectivity index (χ1n) is 6.20. The fourth-order valence-corrected chi connectivity index (χ4v) is 2.29. The number of hydrogen-bond donors (Lipinski definition) is 1. The van der Waals surface area contributed by atoms with Gasteiger partial charge in [-0.25, -0.2) is 0 Å². The third-order valence-electron chi connectivity index (χ3n) is 3.43. The number of benzene rings is 1. The number of nitro benzene ring substituents is 1. The Morgan fingerprint density at radius 3 is 2.72 bits per heavy atom. The van der Waals surface area contributed by atoms with Crippen molar-refractivity contribution in [2.75, 3.05) is 13.1 Å². The second-order valence-corrected chi connectivity index (χ2v) is 4.89. The zero-order valence-corrected chi connectivity index (χ0v) is 10.5. The van der Waals surface area contributed by atoms with Crippen LogP contribution in [0.5, 0.6) is 0 Å². The van der Waals surface area contributed by atoms with E-state index in [4.69, 9.17) is 0 Å². The number of aryl methyl sites for hydroxylation is 1. The SMILES string of the molecule is Cc1ccc(CN2CCC(O)CC2)cc1[N+](=O)[O-]. The fraction of sp³-hybridized carbons (Fsp3) is 0.538. The van der Waals surface area contributed by atoms with E-state index in [1.54, 1.807) is 19.1 Å². The van der Waals surface area contributed by atoms with Crippen LogP contribution in [-0.4, -0.2) is 34.1 Å². The Kier molecular flexibility index (Phi) is 3.93. The summed E-state index contributed by atoms with van der Waals surface area (Å²) in [6.07, 6.45) is 1.38. The van der Waals surface area contributed by atoms with Crippen molar-refractivity contribution < 1.29 is 10.0 Å². The molecule has 1 aromatic rings. The lowest BCUT2D eigenvalue weighted by Gasteiger charge is -2.29. The van der Waals surface area contributed by atoms with Crippen molar-refractivity contribution >= 4 is 5.69 Å². The van der Waals surface area contributed by atoms with Crippen molar-refractivity contribution in [2.24, 2.45) is 0 Å². The largest absolute Gasteiger partial charge is 0.393 e. The van der Waals surface area contributed by atoms with Gasteiger partial charge in [-0.2, -0.15) is 0 Å². The van der Waals surface area contributed by atoms with Crippen LogP contribution in [0.3, 0.4) is 0 Å². The minimum atomic E-state index is -0.335. The summed E-state index contributed by atoms with van der Waals surface area (Å²) in [5.74, 6) is 0. The Labute approximate surface area is 106 Å². The summed E-state index contributed by atoms with van der Waals surface area (Å²) in [4.78, 5) is 12.8. The maximum absolute atomic E-state index is 10.9. The van der Waals surface area contributed by atoms with Gasteiger partial charge in [0.25, 0.3) is 5.69 Å². The lowest BCUT2D eigenvalue weighted by molar-refractivity contribution is -0.385. The number of nitro groups is 1. The third kappa shape index (κ3) is 3.05. The molecule has 0 unspecified atom stereocenters. The standard InChI is InChI=1S/C13H18N2O3/c1-10-2-3-11(8-13(10)15(17)18)9-14-6-4-12(16)5-7-14/h2-3,8,12,16H,4-7,9H2,1H3. The summed E-state index contributed by atoms with van der Waals surface area (Å²) in [5, 5.41) is 20.3. The molecule has 0 aromatic heterocycles. The van der Waals surface area contributed by atoms with Crippen LogP contribution >= 0.6 is 0 Å². The van der Waals surface area contributed by atoms with Gasteiger partial charge in [0.2, 0.25) is 0 Å². The van der Waals surface area contributed by atoms with Gasteiger partial charge in [0.1, 0.15) is 0 Å². The van der Waals surface area contributed by atoms with E-state index < -0.39 is 0 Å². The highest BCUT2D eigenvalue weighted by Crippen LogP contribution is 2.21. The Morgan fingerprint density at radius 1 is 1.44 bits per heavy atom. The normalized spacial score (nSPS) is 17.9. The van der Waals surface area contributed by atoms with E-state index in [2.05, 4.69) is 4.90 Å². The molecule has 1 aromatic carbocycles. The molecule has 0 bridgehead atoms. The van der Waals surface area contributed by atoms with Crippen LogP contribution in [0.2, 0.25) is 0 Å². The monoisotopic (exact) mass is 250 g/mol. The molecule has 5 heteroatoms. The molecular formula is C13H18N2O3. The second-order valence-electron chi connectivity index (χ2n) is 4.89. The number of aliphatic hydroxyl groups is 1. The maximum Gasteiger partial charge on any atom is 0.272 e. The number of aliphatic hydroxyl groups excluding tert-OH is 1. The first kappa shape index (κ1) is 13.0. The molecule has 0 atom stereocenters. The highest BCUT2D eigenvalue weighted by atomic mass is 16.6. The van der Waals surface area contributed by atoms with Gasteiger partial charge in [0.15, 0.2) is 0 Å². The molecule has 1 aliphatic rings. The molecule has 0 radical (unpaired) electrons. The Balaban J connectivity index is 2.05. The van der Waals surface area contributed by atoms with Gasteiger partial charge in [0.05, 0.1) is 11.0 Å². The predicted molar refractivity (Wildman–Crippen MR) is 68.4 cm³/mol. The Bertz CT molecular complexity index is 440. The van der Waals surface area contributed by atoms with Crippen molar-refractivity contribution in [3.05, 3.63) is 39.4 Å². The predicted octanol–water partition coefficient (Wildman–Crippen LogP) is 1.86. The molecule has 1 fully saturated rings. The molecule has 98 valence electrons. The number of hydrogen-bond acceptors (Lipinski definition) is 4. The molecule has 0 saturated carbocycles. The summed E-state index contributed by atoms with van der Waals surface area (Å²) in [6, 6.07) is 5.39. The summed E-state index contributed by atoms with van der Waals surface area (Å²) < 4.78 is 0. The topological polar surface area (TPSA) is 66.6 Å². The van der Waals surface area contributed by atoms with Gasteiger partial charge in [-0.05, 0) is 25.3 Å². The van der Waals surface area contributed by atoms with Crippen molar-refractivity contribution in [3.8, 4) is 0 Å². The first-order valence-corrected chi connectivity index (χ1v) is 6.20. The maximum atomic E-state index is 10.9. The smallest absolute Gasteiger partial charge is 0.272 e. The molecule has 2 rings (SSSR count). The Hall–Kier alpha value is -1.46. The highest BCUT2D eigenvalue weighted by Gasteiger charge is 2.18. The zero-order valence-electron chi connectivity index (χ0n) is 10.5. The summed E-state index contributed by atoms with van der Waals surface area (Å²) >= 11 is 0. The lowest BCUT2D eigenvalue weighted by atomic mass is 10.1. The van der Waals surface area contributed by atoms with Crippen molar-refractivity contribution in [1.82, 2.24) is 4.90 Å². The van der Waals surface area contributed by atoms with Crippen LogP contribution in [0, 0.1) is 17.0 Å². The first-order chi connectivity index (χ1) is 8.56. The molecule has 1 N–H and O–H groups in total. The van der Waals surface area contributed by atoms with Crippen LogP contribution in [-0.2, 0) is 6.54 Å². The number of piperidine rings is 1. The van der Waals surface area contributed by atoms with E-state index in [0.717, 1.165) is 31.5 Å². The minimum Gasteiger partial charge on any atom is -0.393 e. The van der Waals surface area contributed by atoms with Gasteiger partial charge >= 0.3 is 0 Å². The molecule has 5 nitrogen and oxygen atoms in total. The third-order valence-corrected chi connectivity index (χ3v) is 3.43. The van der Waals surface area contributed by atoms with Crippen LogP contribution in [0.1, 0.15) is 24.0 Å². The van der Waals surface area contributed by atoms with Gasteiger partial charge in [0, 0.05) is 31.3 Å². The Morgan fingerprint density at radius 2 is 2.11 bits per heavy atom. The van der Waals surface area contributed by atoms with Gasteiger partial charge in [-0.3, -0.25) is 15.0 Å². The fourth-order valence-electron chi connectivity index (χ4n) is 2.29. The van der Waals surface area contributed by atoms with E-state index in [-0.39, 0.29) is 16.7 Å². The lowest BCUT2D eigenvalue weighted by Crippen LogP contribution is -2.35. The van der Waals surface area contributed by atoms with E-state index >= 15 is 0 Å². The quantitative estimate of drug-likeness (QED) is 0.657. The molecule has 0 aliphatic carbocycles. The van der Waals surface area contributed by atoms with Crippen molar-refractivity contribution in [3.63, 3.8) is 0 Å². The van der Waals surface area contributed by atoms with Crippen molar-refractivity contribution in [2.45, 2.75) is 32.4 Å². The molecule has 0 spiro atoms. The summed E-state index contributed by atoms with van der Waals surface area (Å²) in [6.45, 7) is 4.17. The van der Waals surface area contributed by atoms with Crippen LogP contribution in [0.4, 0.5) is 5.69 Å². The van der Waals surface area contributed by atoms with E-state index in [1.165, 1.54) is 0 Å². The summed E-state index contributed by atoms with van der Waals surface area (Å²) in [7, 11) is 0. The molecule has 1 aliphatic heterocycles. The highest BCUT2D eigenvalue weighted by molar-refractivity contribution is 5.42. The molecule has 1 saturated heterocycles. The van der Waals surface area contributed by atoms with E-state index in [1.807, 2.05) is 6.07 Å². The summed E-state index contributed by atoms with van der Waals surface area (Å²) in [5.41, 5.74) is 1.84. The van der Waals surface area contributed by atoms with Gasteiger partial charge < -0.3 is 5.11 Å². The average molecular weight is 250 g/mol.